The number of ether oxygens (including phenoxy) is 1. The SMILES string of the molecule is CCNC(=O)c1ccn2c1CCc1cnc(Nc3ccc(C(=O)NCC(C)(C)O)cc3OC)nc1-2. The summed E-state index contributed by atoms with van der Waals surface area (Å²) in [6, 6.07) is 6.80. The molecule has 0 fully saturated rings. The molecule has 0 radical (unpaired) electrons. The summed E-state index contributed by atoms with van der Waals surface area (Å²) in [6.07, 6.45) is 5.11. The minimum atomic E-state index is -1.01. The molecule has 3 heterocycles. The topological polar surface area (TPSA) is 130 Å². The first-order valence-electron chi connectivity index (χ1n) is 11.5. The number of carbonyl (C=O) groups is 2. The summed E-state index contributed by atoms with van der Waals surface area (Å²) in [6.45, 7) is 5.83. The van der Waals surface area contributed by atoms with E-state index >= 15 is 0 Å². The van der Waals surface area contributed by atoms with E-state index in [0.717, 1.165) is 29.9 Å². The van der Waals surface area contributed by atoms with Gasteiger partial charge in [0.1, 0.15) is 11.6 Å². The number of hydrogen-bond donors (Lipinski definition) is 4. The lowest BCUT2D eigenvalue weighted by Crippen LogP contribution is -2.38. The van der Waals surface area contributed by atoms with Crippen molar-refractivity contribution >= 4 is 23.5 Å². The fraction of sp³-hybridized carbons (Fsp3) is 0.360. The quantitative estimate of drug-likeness (QED) is 0.391. The van der Waals surface area contributed by atoms with E-state index in [9.17, 15) is 14.7 Å². The minimum Gasteiger partial charge on any atom is -0.495 e. The maximum absolute atomic E-state index is 12.4. The molecule has 0 bridgehead atoms. The molecule has 2 amide bonds. The van der Waals surface area contributed by atoms with E-state index in [0.29, 0.717) is 35.1 Å². The van der Waals surface area contributed by atoms with E-state index in [1.807, 2.05) is 23.8 Å². The minimum absolute atomic E-state index is 0.0893. The third kappa shape index (κ3) is 5.27. The molecule has 0 unspecified atom stereocenters. The van der Waals surface area contributed by atoms with Crippen molar-refractivity contribution < 1.29 is 19.4 Å². The van der Waals surface area contributed by atoms with Crippen LogP contribution in [-0.2, 0) is 12.8 Å². The zero-order chi connectivity index (χ0) is 25.2. The van der Waals surface area contributed by atoms with Gasteiger partial charge in [0, 0.05) is 42.3 Å². The largest absolute Gasteiger partial charge is 0.495 e. The van der Waals surface area contributed by atoms with Crippen molar-refractivity contribution in [1.82, 2.24) is 25.2 Å². The molecule has 2 aromatic heterocycles. The van der Waals surface area contributed by atoms with Gasteiger partial charge in [0.05, 0.1) is 24.0 Å². The van der Waals surface area contributed by atoms with Gasteiger partial charge < -0.3 is 30.4 Å². The number of aryl methyl sites for hydroxylation is 1. The Morgan fingerprint density at radius 1 is 1.17 bits per heavy atom. The van der Waals surface area contributed by atoms with Gasteiger partial charge in [-0.25, -0.2) is 4.98 Å². The Hall–Kier alpha value is -3.92. The lowest BCUT2D eigenvalue weighted by molar-refractivity contribution is 0.0694. The first-order valence-corrected chi connectivity index (χ1v) is 11.5. The molecule has 0 atom stereocenters. The summed E-state index contributed by atoms with van der Waals surface area (Å²) < 4.78 is 7.41. The number of amides is 2. The predicted octanol–water partition coefficient (Wildman–Crippen LogP) is 2.37. The van der Waals surface area contributed by atoms with Gasteiger partial charge in [0.2, 0.25) is 5.95 Å². The average Bonchev–Trinajstić information content (AvgIpc) is 3.27. The van der Waals surface area contributed by atoms with Crippen molar-refractivity contribution in [3.63, 3.8) is 0 Å². The molecule has 4 N–H and O–H groups in total. The van der Waals surface area contributed by atoms with Gasteiger partial charge in [-0.05, 0) is 57.9 Å². The molecule has 3 aromatic rings. The lowest BCUT2D eigenvalue weighted by Gasteiger charge is -2.20. The second kappa shape index (κ2) is 9.75. The van der Waals surface area contributed by atoms with E-state index < -0.39 is 5.60 Å². The van der Waals surface area contributed by atoms with Gasteiger partial charge in [-0.3, -0.25) is 9.59 Å². The van der Waals surface area contributed by atoms with E-state index in [2.05, 4.69) is 20.9 Å². The molecule has 0 aliphatic carbocycles. The number of methoxy groups -OCH3 is 1. The number of nitrogens with one attached hydrogen (secondary N) is 3. The molecule has 1 aliphatic rings. The zero-order valence-corrected chi connectivity index (χ0v) is 20.3. The molecular weight excluding hydrogens is 448 g/mol. The second-order valence-corrected chi connectivity index (χ2v) is 8.98. The second-order valence-electron chi connectivity index (χ2n) is 8.98. The normalized spacial score (nSPS) is 12.4. The van der Waals surface area contributed by atoms with Crippen LogP contribution in [0.5, 0.6) is 5.75 Å². The summed E-state index contributed by atoms with van der Waals surface area (Å²) in [7, 11) is 1.52. The average molecular weight is 479 g/mol. The first-order chi connectivity index (χ1) is 16.7. The smallest absolute Gasteiger partial charge is 0.253 e. The van der Waals surface area contributed by atoms with Gasteiger partial charge in [0.15, 0.2) is 0 Å². The molecule has 0 spiro atoms. The molecule has 0 saturated heterocycles. The number of aliphatic hydroxyl groups is 1. The highest BCUT2D eigenvalue weighted by Crippen LogP contribution is 2.30. The van der Waals surface area contributed by atoms with Crippen molar-refractivity contribution in [1.29, 1.82) is 0 Å². The Kier molecular flexibility index (Phi) is 6.74. The fourth-order valence-electron chi connectivity index (χ4n) is 3.93. The molecule has 184 valence electrons. The number of rotatable bonds is 8. The van der Waals surface area contributed by atoms with Gasteiger partial charge in [-0.1, -0.05) is 0 Å². The summed E-state index contributed by atoms with van der Waals surface area (Å²) in [5, 5.41) is 18.6. The highest BCUT2D eigenvalue weighted by atomic mass is 16.5. The van der Waals surface area contributed by atoms with Crippen LogP contribution in [0.3, 0.4) is 0 Å². The van der Waals surface area contributed by atoms with Crippen LogP contribution in [0.4, 0.5) is 11.6 Å². The third-order valence-corrected chi connectivity index (χ3v) is 5.67. The molecular formula is C25H30N6O4. The fourth-order valence-corrected chi connectivity index (χ4v) is 3.93. The van der Waals surface area contributed by atoms with Crippen LogP contribution in [-0.4, -0.2) is 57.3 Å². The van der Waals surface area contributed by atoms with Crippen LogP contribution < -0.4 is 20.7 Å². The maximum atomic E-state index is 12.4. The molecule has 10 nitrogen and oxygen atoms in total. The van der Waals surface area contributed by atoms with Gasteiger partial charge >= 0.3 is 0 Å². The van der Waals surface area contributed by atoms with Crippen LogP contribution in [0.25, 0.3) is 5.82 Å². The first kappa shape index (κ1) is 24.2. The Morgan fingerprint density at radius 2 is 1.97 bits per heavy atom. The Morgan fingerprint density at radius 3 is 2.69 bits per heavy atom. The number of hydrogen-bond acceptors (Lipinski definition) is 7. The van der Waals surface area contributed by atoms with Crippen molar-refractivity contribution in [3.8, 4) is 11.6 Å². The molecule has 1 aromatic carbocycles. The Labute approximate surface area is 203 Å². The zero-order valence-electron chi connectivity index (χ0n) is 20.3. The summed E-state index contributed by atoms with van der Waals surface area (Å²) in [5.74, 6) is 1.13. The Balaban J connectivity index is 1.57. The van der Waals surface area contributed by atoms with Gasteiger partial charge in [-0.15, -0.1) is 0 Å². The van der Waals surface area contributed by atoms with Gasteiger partial charge in [0.25, 0.3) is 11.8 Å². The van der Waals surface area contributed by atoms with E-state index in [4.69, 9.17) is 9.72 Å². The van der Waals surface area contributed by atoms with Crippen molar-refractivity contribution in [2.24, 2.45) is 0 Å². The highest BCUT2D eigenvalue weighted by molar-refractivity contribution is 5.96. The third-order valence-electron chi connectivity index (χ3n) is 5.67. The van der Waals surface area contributed by atoms with E-state index in [-0.39, 0.29) is 18.4 Å². The Bertz CT molecular complexity index is 1260. The number of carbonyl (C=O) groups excluding carboxylic acids is 2. The van der Waals surface area contributed by atoms with Crippen LogP contribution in [0.2, 0.25) is 0 Å². The number of benzene rings is 1. The molecule has 0 saturated carbocycles. The monoisotopic (exact) mass is 478 g/mol. The molecule has 4 rings (SSSR count). The number of aromatic nitrogens is 3. The number of nitrogens with zero attached hydrogens (tertiary/aromatic N) is 3. The van der Waals surface area contributed by atoms with Crippen LogP contribution in [0, 0.1) is 0 Å². The maximum Gasteiger partial charge on any atom is 0.253 e. The number of anilines is 2. The van der Waals surface area contributed by atoms with Gasteiger partial charge in [-0.2, -0.15) is 4.98 Å². The van der Waals surface area contributed by atoms with Crippen LogP contribution >= 0.6 is 0 Å². The summed E-state index contributed by atoms with van der Waals surface area (Å²) >= 11 is 0. The van der Waals surface area contributed by atoms with E-state index in [1.54, 1.807) is 38.2 Å². The van der Waals surface area contributed by atoms with Crippen molar-refractivity contribution in [3.05, 3.63) is 59.0 Å². The predicted molar refractivity (Wildman–Crippen MR) is 132 cm³/mol. The summed E-state index contributed by atoms with van der Waals surface area (Å²) in [5.41, 5.74) is 2.56. The lowest BCUT2D eigenvalue weighted by atomic mass is 10.0. The molecule has 1 aliphatic heterocycles. The van der Waals surface area contributed by atoms with Crippen molar-refractivity contribution in [2.75, 3.05) is 25.5 Å². The van der Waals surface area contributed by atoms with Crippen molar-refractivity contribution in [2.45, 2.75) is 39.2 Å². The van der Waals surface area contributed by atoms with E-state index in [1.165, 1.54) is 7.11 Å². The highest BCUT2D eigenvalue weighted by Gasteiger charge is 2.24. The number of fused-ring (bicyclic) bond motifs is 3. The van der Waals surface area contributed by atoms with Crippen LogP contribution in [0.15, 0.2) is 36.7 Å². The molecule has 10 heteroatoms. The molecule has 35 heavy (non-hydrogen) atoms. The van der Waals surface area contributed by atoms with Crippen LogP contribution in [0.1, 0.15) is 52.7 Å². The summed E-state index contributed by atoms with van der Waals surface area (Å²) in [4.78, 5) is 34.0. The standard InChI is InChI=1S/C25H30N6O4/c1-5-26-23(33)17-10-11-31-19(17)9-7-16-13-27-24(30-21(16)31)29-18-8-6-15(12-20(18)35-4)22(32)28-14-25(2,3)34/h6,8,10-13,34H,5,7,9,14H2,1-4H3,(H,26,33)(H,28,32)(H,27,29,30).